The van der Waals surface area contributed by atoms with E-state index in [-0.39, 0.29) is 23.8 Å². The molecule has 0 spiro atoms. The van der Waals surface area contributed by atoms with Gasteiger partial charge in [-0.15, -0.1) is 0 Å². The van der Waals surface area contributed by atoms with Crippen molar-refractivity contribution in [2.75, 3.05) is 20.6 Å². The highest BCUT2D eigenvalue weighted by Crippen LogP contribution is 2.32. The highest BCUT2D eigenvalue weighted by Gasteiger charge is 2.23. The van der Waals surface area contributed by atoms with E-state index in [1.807, 2.05) is 12.1 Å². The van der Waals surface area contributed by atoms with Crippen LogP contribution in [0.15, 0.2) is 66.7 Å². The van der Waals surface area contributed by atoms with Crippen LogP contribution >= 0.6 is 0 Å². The Hall–Kier alpha value is -4.13. The summed E-state index contributed by atoms with van der Waals surface area (Å²) in [6, 6.07) is 17.8. The highest BCUT2D eigenvalue weighted by atomic mass is 19.1. The van der Waals surface area contributed by atoms with Gasteiger partial charge in [0.25, 0.3) is 5.91 Å². The van der Waals surface area contributed by atoms with E-state index in [4.69, 9.17) is 4.98 Å². The Morgan fingerprint density at radius 2 is 1.65 bits per heavy atom. The molecule has 1 N–H and O–H groups in total. The van der Waals surface area contributed by atoms with Gasteiger partial charge in [0.1, 0.15) is 11.6 Å². The summed E-state index contributed by atoms with van der Waals surface area (Å²) in [6.45, 7) is 1.61. The summed E-state index contributed by atoms with van der Waals surface area (Å²) in [6.07, 6.45) is 0. The van der Waals surface area contributed by atoms with Crippen molar-refractivity contribution >= 4 is 22.7 Å². The summed E-state index contributed by atoms with van der Waals surface area (Å²) in [5.74, 6) is -1.53. The maximum Gasteiger partial charge on any atom is 0.255 e. The first-order valence-corrected chi connectivity index (χ1v) is 10.7. The molecule has 0 aliphatic carbocycles. The normalized spacial score (nSPS) is 10.9. The van der Waals surface area contributed by atoms with Gasteiger partial charge >= 0.3 is 0 Å². The van der Waals surface area contributed by atoms with Gasteiger partial charge in [0.05, 0.1) is 23.3 Å². The molecule has 0 bridgehead atoms. The number of likely N-dealkylation sites (N-methyl/N-ethyl adjacent to an activating group) is 2. The molecule has 0 saturated heterocycles. The monoisotopic (exact) mass is 459 g/mol. The van der Waals surface area contributed by atoms with E-state index in [1.165, 1.54) is 43.3 Å². The fraction of sp³-hybridized carbons (Fsp3) is 0.148. The van der Waals surface area contributed by atoms with Crippen molar-refractivity contribution in [2.45, 2.75) is 6.92 Å². The summed E-state index contributed by atoms with van der Waals surface area (Å²) >= 11 is 0. The summed E-state index contributed by atoms with van der Waals surface area (Å²) in [7, 11) is 3.01. The van der Waals surface area contributed by atoms with Gasteiger partial charge in [-0.25, -0.2) is 13.8 Å². The molecule has 5 nitrogen and oxygen atoms in total. The van der Waals surface area contributed by atoms with E-state index in [1.54, 1.807) is 37.3 Å². The van der Waals surface area contributed by atoms with Gasteiger partial charge in [-0.3, -0.25) is 9.59 Å². The number of hydrogen-bond acceptors (Lipinski definition) is 3. The van der Waals surface area contributed by atoms with Gasteiger partial charge < -0.3 is 10.2 Å². The number of aromatic nitrogens is 1. The number of carbonyl (C=O) groups is 2. The second kappa shape index (κ2) is 9.39. The number of rotatable bonds is 5. The third-order valence-corrected chi connectivity index (χ3v) is 5.75. The van der Waals surface area contributed by atoms with Crippen LogP contribution in [0.4, 0.5) is 8.78 Å². The van der Waals surface area contributed by atoms with Crippen molar-refractivity contribution in [2.24, 2.45) is 0 Å². The van der Waals surface area contributed by atoms with Crippen LogP contribution in [0, 0.1) is 18.6 Å². The van der Waals surface area contributed by atoms with Crippen LogP contribution in [0.3, 0.4) is 0 Å². The lowest BCUT2D eigenvalue weighted by molar-refractivity contribution is -0.121. The molecular weight excluding hydrogens is 436 g/mol. The average Bonchev–Trinajstić information content (AvgIpc) is 2.83. The zero-order chi connectivity index (χ0) is 24.4. The quantitative estimate of drug-likeness (QED) is 0.458. The summed E-state index contributed by atoms with van der Waals surface area (Å²) < 4.78 is 28.3. The van der Waals surface area contributed by atoms with Gasteiger partial charge in [0.15, 0.2) is 0 Å². The number of halogens is 2. The molecule has 4 aromatic rings. The third-order valence-electron chi connectivity index (χ3n) is 5.75. The van der Waals surface area contributed by atoms with Crippen LogP contribution in [0.5, 0.6) is 0 Å². The van der Waals surface area contributed by atoms with E-state index in [0.29, 0.717) is 33.3 Å². The van der Waals surface area contributed by atoms with Crippen molar-refractivity contribution < 1.29 is 18.4 Å². The van der Waals surface area contributed by atoms with Gasteiger partial charge in [0, 0.05) is 30.6 Å². The molecule has 4 rings (SSSR count). The number of fused-ring (bicyclic) bond motifs is 1. The Balaban J connectivity index is 1.84. The first-order chi connectivity index (χ1) is 16.3. The fourth-order valence-electron chi connectivity index (χ4n) is 3.95. The topological polar surface area (TPSA) is 62.3 Å². The van der Waals surface area contributed by atoms with Gasteiger partial charge in [0.2, 0.25) is 5.91 Å². The largest absolute Gasteiger partial charge is 0.358 e. The number of nitrogens with one attached hydrogen (secondary N) is 1. The van der Waals surface area contributed by atoms with Crippen LogP contribution in [0.1, 0.15) is 15.9 Å². The lowest BCUT2D eigenvalue weighted by Crippen LogP contribution is -2.37. The van der Waals surface area contributed by atoms with E-state index in [0.717, 1.165) is 5.56 Å². The predicted octanol–water partition coefficient (Wildman–Crippen LogP) is 4.97. The second-order valence-electron chi connectivity index (χ2n) is 8.01. The molecule has 34 heavy (non-hydrogen) atoms. The minimum absolute atomic E-state index is 0.138. The Bertz CT molecular complexity index is 1400. The molecule has 1 heterocycles. The SMILES string of the molecule is CNC(=O)CN(C)C(=O)c1c(C)c(-c2ccc(-c3ccccc3F)cc2)nc2ccc(F)cc12. The molecule has 0 atom stereocenters. The summed E-state index contributed by atoms with van der Waals surface area (Å²) in [5.41, 5.74) is 3.78. The third kappa shape index (κ3) is 4.37. The zero-order valence-electron chi connectivity index (χ0n) is 19.0. The molecule has 2 amide bonds. The number of benzene rings is 3. The molecule has 7 heteroatoms. The van der Waals surface area contributed by atoms with Crippen molar-refractivity contribution in [3.8, 4) is 22.4 Å². The Kier molecular flexibility index (Phi) is 6.36. The Labute approximate surface area is 196 Å². The molecule has 0 aliphatic rings. The number of amides is 2. The van der Waals surface area contributed by atoms with E-state index >= 15 is 0 Å². The van der Waals surface area contributed by atoms with Gasteiger partial charge in [-0.2, -0.15) is 0 Å². The van der Waals surface area contributed by atoms with Crippen LogP contribution in [-0.4, -0.2) is 42.3 Å². The minimum Gasteiger partial charge on any atom is -0.358 e. The zero-order valence-corrected chi connectivity index (χ0v) is 19.0. The lowest BCUT2D eigenvalue weighted by atomic mass is 9.95. The molecule has 3 aromatic carbocycles. The van der Waals surface area contributed by atoms with Crippen molar-refractivity contribution in [1.29, 1.82) is 0 Å². The Morgan fingerprint density at radius 3 is 2.32 bits per heavy atom. The minimum atomic E-state index is -0.487. The number of hydrogen-bond donors (Lipinski definition) is 1. The Morgan fingerprint density at radius 1 is 0.971 bits per heavy atom. The summed E-state index contributed by atoms with van der Waals surface area (Å²) in [5, 5.41) is 2.86. The van der Waals surface area contributed by atoms with Crippen LogP contribution < -0.4 is 5.32 Å². The lowest BCUT2D eigenvalue weighted by Gasteiger charge is -2.20. The van der Waals surface area contributed by atoms with Gasteiger partial charge in [-0.1, -0.05) is 42.5 Å². The standard InChI is InChI=1S/C27H23F2N3O2/c1-16-25(27(34)32(3)15-24(33)30-2)21-14-19(28)12-13-23(21)31-26(16)18-10-8-17(9-11-18)20-6-4-5-7-22(20)29/h4-14H,15H2,1-3H3,(H,30,33). The number of carbonyl (C=O) groups excluding carboxylic acids is 2. The van der Waals surface area contributed by atoms with Crippen LogP contribution in [-0.2, 0) is 4.79 Å². The van der Waals surface area contributed by atoms with Crippen molar-refractivity contribution in [1.82, 2.24) is 15.2 Å². The van der Waals surface area contributed by atoms with Crippen LogP contribution in [0.2, 0.25) is 0 Å². The predicted molar refractivity (Wildman–Crippen MR) is 128 cm³/mol. The smallest absolute Gasteiger partial charge is 0.255 e. The molecule has 1 aromatic heterocycles. The number of nitrogens with zero attached hydrogens (tertiary/aromatic N) is 2. The van der Waals surface area contributed by atoms with Crippen molar-refractivity contribution in [3.63, 3.8) is 0 Å². The van der Waals surface area contributed by atoms with Crippen molar-refractivity contribution in [3.05, 3.63) is 89.5 Å². The molecule has 0 fully saturated rings. The molecular formula is C27H23F2N3O2. The summed E-state index contributed by atoms with van der Waals surface area (Å²) in [4.78, 5) is 31.2. The molecule has 172 valence electrons. The second-order valence-corrected chi connectivity index (χ2v) is 8.01. The van der Waals surface area contributed by atoms with Crippen LogP contribution in [0.25, 0.3) is 33.3 Å². The van der Waals surface area contributed by atoms with Gasteiger partial charge in [-0.05, 0) is 42.3 Å². The fourth-order valence-corrected chi connectivity index (χ4v) is 3.95. The first-order valence-electron chi connectivity index (χ1n) is 10.7. The van der Waals surface area contributed by atoms with E-state index in [9.17, 15) is 18.4 Å². The average molecular weight is 459 g/mol. The number of pyridine rings is 1. The molecule has 0 aliphatic heterocycles. The maximum absolute atomic E-state index is 14.2. The molecule has 0 radical (unpaired) electrons. The maximum atomic E-state index is 14.2. The molecule has 0 unspecified atom stereocenters. The highest BCUT2D eigenvalue weighted by molar-refractivity contribution is 6.09. The van der Waals surface area contributed by atoms with E-state index in [2.05, 4.69) is 5.32 Å². The first kappa shape index (κ1) is 23.0. The van der Waals surface area contributed by atoms with E-state index < -0.39 is 11.7 Å². The molecule has 0 saturated carbocycles.